The third kappa shape index (κ3) is 4.15. The van der Waals surface area contributed by atoms with E-state index in [1.165, 1.54) is 6.08 Å². The molecule has 3 aromatic carbocycles. The Morgan fingerprint density at radius 2 is 1.50 bits per heavy atom. The third-order valence-electron chi connectivity index (χ3n) is 4.53. The van der Waals surface area contributed by atoms with Crippen molar-refractivity contribution >= 4 is 66.6 Å². The quantitative estimate of drug-likeness (QED) is 0.379. The second-order valence-corrected chi connectivity index (χ2v) is 8.24. The number of imide groups is 2. The van der Waals surface area contributed by atoms with Crippen molar-refractivity contribution < 1.29 is 19.1 Å². The Morgan fingerprint density at radius 3 is 2.20 bits per heavy atom. The summed E-state index contributed by atoms with van der Waals surface area (Å²) < 4.78 is 7.34. The van der Waals surface area contributed by atoms with Crippen molar-refractivity contribution in [3.05, 3.63) is 80.2 Å². The number of carbonyl (C=O) groups excluding carboxylic acids is 3. The van der Waals surface area contributed by atoms with Gasteiger partial charge in [0.05, 0.1) is 8.95 Å². The highest BCUT2D eigenvalue weighted by Crippen LogP contribution is 2.36. The highest BCUT2D eigenvalue weighted by atomic mass is 79.9. The van der Waals surface area contributed by atoms with Gasteiger partial charge in [-0.05, 0) is 72.0 Å². The molecule has 0 radical (unpaired) electrons. The Hall–Kier alpha value is -2.97. The average Bonchev–Trinajstić information content (AvgIpc) is 2.70. The molecule has 1 aliphatic rings. The fourth-order valence-corrected chi connectivity index (χ4v) is 4.59. The van der Waals surface area contributed by atoms with Crippen LogP contribution in [0.25, 0.3) is 16.8 Å². The highest BCUT2D eigenvalue weighted by molar-refractivity contribution is 9.11. The molecule has 0 unspecified atom stereocenters. The van der Waals surface area contributed by atoms with E-state index in [0.717, 1.165) is 16.3 Å². The number of fused-ring (bicyclic) bond motifs is 1. The topological polar surface area (TPSA) is 84.5 Å². The maximum absolute atomic E-state index is 11.9. The zero-order chi connectivity index (χ0) is 21.3. The smallest absolute Gasteiger partial charge is 0.328 e. The van der Waals surface area contributed by atoms with E-state index in [9.17, 15) is 14.4 Å². The van der Waals surface area contributed by atoms with Gasteiger partial charge in [0.2, 0.25) is 0 Å². The lowest BCUT2D eigenvalue weighted by Gasteiger charge is -2.15. The molecular weight excluding hydrogens is 516 g/mol. The number of barbiturate groups is 1. The van der Waals surface area contributed by atoms with Gasteiger partial charge in [-0.15, -0.1) is 0 Å². The second kappa shape index (κ2) is 8.41. The maximum Gasteiger partial charge on any atom is 0.328 e. The molecule has 1 heterocycles. The molecule has 0 spiro atoms. The van der Waals surface area contributed by atoms with Crippen LogP contribution in [-0.2, 0) is 16.2 Å². The minimum atomic E-state index is -0.832. The summed E-state index contributed by atoms with van der Waals surface area (Å²) in [6.45, 7) is 0.367. The molecule has 0 saturated carbocycles. The molecule has 4 rings (SSSR count). The van der Waals surface area contributed by atoms with Gasteiger partial charge >= 0.3 is 6.03 Å². The van der Waals surface area contributed by atoms with E-state index in [2.05, 4.69) is 50.1 Å². The number of halogens is 2. The first-order chi connectivity index (χ1) is 14.4. The third-order valence-corrected chi connectivity index (χ3v) is 5.71. The summed E-state index contributed by atoms with van der Waals surface area (Å²) in [7, 11) is 0. The lowest BCUT2D eigenvalue weighted by molar-refractivity contribution is -0.123. The summed E-state index contributed by atoms with van der Waals surface area (Å²) in [6.07, 6.45) is 1.40. The molecule has 8 heteroatoms. The Morgan fingerprint density at radius 1 is 0.867 bits per heavy atom. The van der Waals surface area contributed by atoms with Crippen LogP contribution >= 0.6 is 31.9 Å². The van der Waals surface area contributed by atoms with Crippen molar-refractivity contribution in [3.8, 4) is 5.75 Å². The molecule has 4 amide bonds. The summed E-state index contributed by atoms with van der Waals surface area (Å²) in [5, 5.41) is 6.36. The lowest BCUT2D eigenvalue weighted by atomic mass is 10.1. The van der Waals surface area contributed by atoms with Gasteiger partial charge in [0, 0.05) is 0 Å². The van der Waals surface area contributed by atoms with E-state index >= 15 is 0 Å². The molecule has 0 aliphatic carbocycles. The maximum atomic E-state index is 11.9. The molecule has 1 aliphatic heterocycles. The number of hydrogen-bond acceptors (Lipinski definition) is 4. The van der Waals surface area contributed by atoms with Crippen LogP contribution in [0.3, 0.4) is 0 Å². The second-order valence-electron chi connectivity index (χ2n) is 6.54. The van der Waals surface area contributed by atoms with Crippen molar-refractivity contribution in [1.82, 2.24) is 10.6 Å². The van der Waals surface area contributed by atoms with Crippen LogP contribution in [0, 0.1) is 0 Å². The molecule has 2 N–H and O–H groups in total. The van der Waals surface area contributed by atoms with Crippen LogP contribution in [0.15, 0.2) is 69.1 Å². The average molecular weight is 530 g/mol. The van der Waals surface area contributed by atoms with Crippen LogP contribution in [0.2, 0.25) is 0 Å². The summed E-state index contributed by atoms with van der Waals surface area (Å²) >= 11 is 6.97. The molecule has 1 saturated heterocycles. The highest BCUT2D eigenvalue weighted by Gasteiger charge is 2.27. The molecule has 3 aromatic rings. The molecule has 150 valence electrons. The van der Waals surface area contributed by atoms with Crippen LogP contribution in [0.4, 0.5) is 4.79 Å². The SMILES string of the molecule is O=C1NC(=O)C(=Cc2cc(Br)c(OCc3cccc4ccccc34)c(Br)c2)C(=O)N1. The number of benzene rings is 3. The summed E-state index contributed by atoms with van der Waals surface area (Å²) in [5.74, 6) is -0.891. The number of ether oxygens (including phenoxy) is 1. The number of urea groups is 1. The molecule has 0 aromatic heterocycles. The molecule has 6 nitrogen and oxygen atoms in total. The van der Waals surface area contributed by atoms with Gasteiger partial charge in [0.1, 0.15) is 17.9 Å². The fraction of sp³-hybridized carbons (Fsp3) is 0.0455. The van der Waals surface area contributed by atoms with Gasteiger partial charge in [-0.3, -0.25) is 20.2 Å². The number of carbonyl (C=O) groups is 3. The minimum Gasteiger partial charge on any atom is -0.487 e. The van der Waals surface area contributed by atoms with E-state index in [1.54, 1.807) is 12.1 Å². The van der Waals surface area contributed by atoms with E-state index in [-0.39, 0.29) is 5.57 Å². The number of hydrogen-bond donors (Lipinski definition) is 2. The van der Waals surface area contributed by atoms with E-state index in [1.807, 2.05) is 34.9 Å². The van der Waals surface area contributed by atoms with Gasteiger partial charge in [0.15, 0.2) is 0 Å². The van der Waals surface area contributed by atoms with Gasteiger partial charge in [-0.2, -0.15) is 0 Å². The van der Waals surface area contributed by atoms with Crippen LogP contribution < -0.4 is 15.4 Å². The monoisotopic (exact) mass is 528 g/mol. The molecule has 30 heavy (non-hydrogen) atoms. The van der Waals surface area contributed by atoms with Crippen molar-refractivity contribution in [2.24, 2.45) is 0 Å². The lowest BCUT2D eigenvalue weighted by Crippen LogP contribution is -2.51. The first-order valence-corrected chi connectivity index (χ1v) is 10.5. The molecule has 1 fully saturated rings. The Bertz CT molecular complexity index is 1190. The number of nitrogens with one attached hydrogen (secondary N) is 2. The fourth-order valence-electron chi connectivity index (χ4n) is 3.14. The summed E-state index contributed by atoms with van der Waals surface area (Å²) in [4.78, 5) is 35.0. The molecular formula is C22H14Br2N2O4. The zero-order valence-electron chi connectivity index (χ0n) is 15.4. The van der Waals surface area contributed by atoms with E-state index in [0.29, 0.717) is 26.9 Å². The van der Waals surface area contributed by atoms with Gasteiger partial charge < -0.3 is 4.74 Å². The Labute approximate surface area is 188 Å². The minimum absolute atomic E-state index is 0.155. The van der Waals surface area contributed by atoms with Gasteiger partial charge in [-0.1, -0.05) is 42.5 Å². The first-order valence-electron chi connectivity index (χ1n) is 8.89. The Balaban J connectivity index is 1.59. The normalized spacial score (nSPS) is 13.8. The van der Waals surface area contributed by atoms with Crippen molar-refractivity contribution in [2.45, 2.75) is 6.61 Å². The van der Waals surface area contributed by atoms with Crippen LogP contribution in [0.5, 0.6) is 5.75 Å². The van der Waals surface area contributed by atoms with Gasteiger partial charge in [-0.25, -0.2) is 4.79 Å². The molecule has 0 atom stereocenters. The predicted octanol–water partition coefficient (Wildman–Crippen LogP) is 4.69. The van der Waals surface area contributed by atoms with E-state index in [4.69, 9.17) is 4.74 Å². The van der Waals surface area contributed by atoms with Crippen LogP contribution in [-0.4, -0.2) is 17.8 Å². The van der Waals surface area contributed by atoms with Crippen molar-refractivity contribution in [3.63, 3.8) is 0 Å². The summed E-state index contributed by atoms with van der Waals surface area (Å²) in [5.41, 5.74) is 1.48. The number of amides is 4. The largest absolute Gasteiger partial charge is 0.487 e. The Kier molecular flexibility index (Phi) is 5.69. The summed E-state index contributed by atoms with van der Waals surface area (Å²) in [6, 6.07) is 16.8. The van der Waals surface area contributed by atoms with Crippen LogP contribution in [0.1, 0.15) is 11.1 Å². The van der Waals surface area contributed by atoms with Gasteiger partial charge in [0.25, 0.3) is 11.8 Å². The molecule has 0 bridgehead atoms. The van der Waals surface area contributed by atoms with E-state index < -0.39 is 17.8 Å². The number of rotatable bonds is 4. The van der Waals surface area contributed by atoms with Crippen molar-refractivity contribution in [2.75, 3.05) is 0 Å². The standard InChI is InChI=1S/C22H14Br2N2O4/c23-17-9-12(8-16-20(27)25-22(29)26-21(16)28)10-18(24)19(17)30-11-14-6-3-5-13-4-1-2-7-15(13)14/h1-10H,11H2,(H2,25,26,27,28,29). The first kappa shape index (κ1) is 20.3. The predicted molar refractivity (Wildman–Crippen MR) is 120 cm³/mol. The zero-order valence-corrected chi connectivity index (χ0v) is 18.5. The van der Waals surface area contributed by atoms with Crippen molar-refractivity contribution in [1.29, 1.82) is 0 Å².